The van der Waals surface area contributed by atoms with Gasteiger partial charge in [0.05, 0.1) is 10.8 Å². The van der Waals surface area contributed by atoms with Gasteiger partial charge in [-0.1, -0.05) is 18.2 Å². The van der Waals surface area contributed by atoms with Crippen molar-refractivity contribution >= 4 is 28.8 Å². The van der Waals surface area contributed by atoms with E-state index in [1.807, 2.05) is 22.4 Å². The second-order valence-electron chi connectivity index (χ2n) is 9.23. The maximum atomic E-state index is 12.6. The Bertz CT molecular complexity index is 909. The van der Waals surface area contributed by atoms with Gasteiger partial charge < -0.3 is 15.1 Å². The lowest BCUT2D eigenvalue weighted by Crippen LogP contribution is -2.47. The molecule has 3 heterocycles. The lowest BCUT2D eigenvalue weighted by atomic mass is 9.97. The summed E-state index contributed by atoms with van der Waals surface area (Å²) >= 11 is 1.47. The van der Waals surface area contributed by atoms with Crippen molar-refractivity contribution in [2.75, 3.05) is 57.3 Å². The van der Waals surface area contributed by atoms with Gasteiger partial charge in [0.15, 0.2) is 0 Å². The lowest BCUT2D eigenvalue weighted by molar-refractivity contribution is -0.126. The molecule has 2 fully saturated rings. The highest BCUT2D eigenvalue weighted by molar-refractivity contribution is 7.12. The Morgan fingerprint density at radius 3 is 2.67 bits per heavy atom. The molecule has 2 amide bonds. The molecule has 1 N–H and O–H groups in total. The fourth-order valence-electron chi connectivity index (χ4n) is 4.80. The molecule has 2 aromatic rings. The lowest BCUT2D eigenvalue weighted by Gasteiger charge is -2.36. The summed E-state index contributed by atoms with van der Waals surface area (Å²) in [6.07, 6.45) is 3.85. The first-order chi connectivity index (χ1) is 16.1. The number of anilines is 1. The van der Waals surface area contributed by atoms with Gasteiger partial charge in [0, 0.05) is 51.5 Å². The van der Waals surface area contributed by atoms with E-state index in [1.165, 1.54) is 22.6 Å². The third kappa shape index (κ3) is 6.58. The molecule has 2 aliphatic rings. The summed E-state index contributed by atoms with van der Waals surface area (Å²) in [5, 5.41) is 5.04. The molecule has 4 rings (SSSR count). The summed E-state index contributed by atoms with van der Waals surface area (Å²) in [6, 6.07) is 12.5. The highest BCUT2D eigenvalue weighted by atomic mass is 32.1. The van der Waals surface area contributed by atoms with Gasteiger partial charge >= 0.3 is 0 Å². The minimum absolute atomic E-state index is 0.0602. The molecule has 2 saturated heterocycles. The molecule has 33 heavy (non-hydrogen) atoms. The van der Waals surface area contributed by atoms with Crippen molar-refractivity contribution in [1.82, 2.24) is 15.1 Å². The first-order valence-corrected chi connectivity index (χ1v) is 13.1. The van der Waals surface area contributed by atoms with Crippen molar-refractivity contribution in [3.8, 4) is 0 Å². The second-order valence-corrected chi connectivity index (χ2v) is 10.2. The van der Waals surface area contributed by atoms with Crippen molar-refractivity contribution in [2.45, 2.75) is 32.6 Å². The molecular formula is C26H36N4O2S. The quantitative estimate of drug-likeness (QED) is 0.601. The van der Waals surface area contributed by atoms with Gasteiger partial charge in [-0.3, -0.25) is 14.5 Å². The van der Waals surface area contributed by atoms with Crippen LogP contribution in [0.25, 0.3) is 0 Å². The van der Waals surface area contributed by atoms with Gasteiger partial charge in [0.1, 0.15) is 0 Å². The van der Waals surface area contributed by atoms with E-state index >= 15 is 0 Å². The molecule has 6 nitrogen and oxygen atoms in total. The zero-order valence-electron chi connectivity index (χ0n) is 19.7. The van der Waals surface area contributed by atoms with E-state index < -0.39 is 0 Å². The van der Waals surface area contributed by atoms with Crippen LogP contribution in [0, 0.1) is 12.8 Å². The number of hydrogen-bond donors (Lipinski definition) is 1. The molecule has 178 valence electrons. The summed E-state index contributed by atoms with van der Waals surface area (Å²) in [5.41, 5.74) is 2.64. The van der Waals surface area contributed by atoms with E-state index in [0.717, 1.165) is 76.4 Å². The summed E-state index contributed by atoms with van der Waals surface area (Å²) < 4.78 is 0. The number of carbonyl (C=O) groups is 2. The summed E-state index contributed by atoms with van der Waals surface area (Å²) in [4.78, 5) is 32.8. The van der Waals surface area contributed by atoms with Crippen LogP contribution in [0.2, 0.25) is 0 Å². The third-order valence-electron chi connectivity index (χ3n) is 6.75. The van der Waals surface area contributed by atoms with E-state index in [0.29, 0.717) is 6.54 Å². The number of nitrogens with one attached hydrogen (secondary N) is 1. The first kappa shape index (κ1) is 23.8. The maximum Gasteiger partial charge on any atom is 0.263 e. The normalized spacial score (nSPS) is 19.5. The van der Waals surface area contributed by atoms with Crippen molar-refractivity contribution in [3.63, 3.8) is 0 Å². The number of hydrogen-bond acceptors (Lipinski definition) is 5. The fourth-order valence-corrected chi connectivity index (χ4v) is 5.49. The average Bonchev–Trinajstić information content (AvgIpc) is 3.39. The summed E-state index contributed by atoms with van der Waals surface area (Å²) in [7, 11) is 0. The standard InChI is InChI=1S/C26H36N4O2S/c1-21-7-4-9-23(19-21)29-16-14-28(15-17-29)12-3-2-11-27-25(31)22-8-5-13-30(20-22)26(32)24-10-6-18-33-24/h4,6-7,9-10,18-19,22H,2-3,5,8,11-17,20H2,1H3,(H,27,31). The zero-order chi connectivity index (χ0) is 23.0. The van der Waals surface area contributed by atoms with E-state index in [-0.39, 0.29) is 17.7 Å². The Morgan fingerprint density at radius 2 is 1.91 bits per heavy atom. The maximum absolute atomic E-state index is 12.6. The number of amides is 2. The van der Waals surface area contributed by atoms with E-state index in [1.54, 1.807) is 0 Å². The number of likely N-dealkylation sites (tertiary alicyclic amines) is 1. The Kier molecular flexibility index (Phi) is 8.40. The fraction of sp³-hybridized carbons (Fsp3) is 0.538. The van der Waals surface area contributed by atoms with Crippen molar-refractivity contribution in [2.24, 2.45) is 5.92 Å². The molecule has 0 spiro atoms. The molecule has 0 saturated carbocycles. The Balaban J connectivity index is 1.10. The van der Waals surface area contributed by atoms with Crippen molar-refractivity contribution in [1.29, 1.82) is 0 Å². The highest BCUT2D eigenvalue weighted by Crippen LogP contribution is 2.21. The van der Waals surface area contributed by atoms with Crippen LogP contribution >= 0.6 is 11.3 Å². The molecular weight excluding hydrogens is 432 g/mol. The number of benzene rings is 1. The largest absolute Gasteiger partial charge is 0.369 e. The molecule has 2 aliphatic heterocycles. The number of nitrogens with zero attached hydrogens (tertiary/aromatic N) is 3. The zero-order valence-corrected chi connectivity index (χ0v) is 20.5. The minimum atomic E-state index is -0.0858. The van der Waals surface area contributed by atoms with Crippen molar-refractivity contribution < 1.29 is 9.59 Å². The highest BCUT2D eigenvalue weighted by Gasteiger charge is 2.29. The predicted molar refractivity (Wildman–Crippen MR) is 135 cm³/mol. The topological polar surface area (TPSA) is 55.9 Å². The SMILES string of the molecule is Cc1cccc(N2CCN(CCCCNC(=O)C3CCCN(C(=O)c4cccs4)C3)CC2)c1. The number of unbranched alkanes of at least 4 members (excludes halogenated alkanes) is 1. The number of carbonyl (C=O) groups excluding carboxylic acids is 2. The number of piperazine rings is 1. The molecule has 0 bridgehead atoms. The molecule has 1 atom stereocenters. The van der Waals surface area contributed by atoms with E-state index in [2.05, 4.69) is 46.3 Å². The Labute approximate surface area is 201 Å². The van der Waals surface area contributed by atoms with Crippen LogP contribution in [0.4, 0.5) is 5.69 Å². The van der Waals surface area contributed by atoms with Crippen LogP contribution in [-0.2, 0) is 4.79 Å². The Hall–Kier alpha value is -2.38. The molecule has 1 aromatic carbocycles. The van der Waals surface area contributed by atoms with Crippen LogP contribution in [0.15, 0.2) is 41.8 Å². The third-order valence-corrected chi connectivity index (χ3v) is 7.61. The van der Waals surface area contributed by atoms with Gasteiger partial charge in [-0.2, -0.15) is 0 Å². The molecule has 7 heteroatoms. The first-order valence-electron chi connectivity index (χ1n) is 12.2. The summed E-state index contributed by atoms with van der Waals surface area (Å²) in [5.74, 6) is 0.0767. The van der Waals surface area contributed by atoms with Crippen LogP contribution in [0.1, 0.15) is 40.9 Å². The van der Waals surface area contributed by atoms with Crippen LogP contribution < -0.4 is 10.2 Å². The van der Waals surface area contributed by atoms with Crippen LogP contribution in [-0.4, -0.2) is 74.0 Å². The van der Waals surface area contributed by atoms with Gasteiger partial charge in [0.2, 0.25) is 5.91 Å². The molecule has 0 aliphatic carbocycles. The Morgan fingerprint density at radius 1 is 1.06 bits per heavy atom. The predicted octanol–water partition coefficient (Wildman–Crippen LogP) is 3.63. The van der Waals surface area contributed by atoms with Gasteiger partial charge in [-0.05, 0) is 68.3 Å². The van der Waals surface area contributed by atoms with E-state index in [9.17, 15) is 9.59 Å². The average molecular weight is 469 g/mol. The number of aryl methyl sites for hydroxylation is 1. The monoisotopic (exact) mass is 468 g/mol. The second kappa shape index (κ2) is 11.7. The molecule has 1 aromatic heterocycles. The van der Waals surface area contributed by atoms with Crippen LogP contribution in [0.3, 0.4) is 0 Å². The van der Waals surface area contributed by atoms with E-state index in [4.69, 9.17) is 0 Å². The summed E-state index contributed by atoms with van der Waals surface area (Å²) in [6.45, 7) is 9.57. The number of thiophene rings is 1. The van der Waals surface area contributed by atoms with Gasteiger partial charge in [-0.25, -0.2) is 0 Å². The number of rotatable bonds is 8. The van der Waals surface area contributed by atoms with Gasteiger partial charge in [0.25, 0.3) is 5.91 Å². The van der Waals surface area contributed by atoms with Crippen LogP contribution in [0.5, 0.6) is 0 Å². The molecule has 1 unspecified atom stereocenters. The number of piperidine rings is 1. The smallest absolute Gasteiger partial charge is 0.263 e. The molecule has 0 radical (unpaired) electrons. The minimum Gasteiger partial charge on any atom is -0.369 e. The van der Waals surface area contributed by atoms with Crippen molar-refractivity contribution in [3.05, 3.63) is 52.2 Å². The van der Waals surface area contributed by atoms with Gasteiger partial charge in [-0.15, -0.1) is 11.3 Å².